The second-order valence-electron chi connectivity index (χ2n) is 6.88. The lowest BCUT2D eigenvalue weighted by Crippen LogP contribution is -2.38. The summed E-state index contributed by atoms with van der Waals surface area (Å²) in [5.74, 6) is 0.822. The molecular formula is C17H23FN10O2S. The van der Waals surface area contributed by atoms with Crippen molar-refractivity contribution >= 4 is 33.6 Å². The van der Waals surface area contributed by atoms with Crippen LogP contribution >= 0.6 is 0 Å². The van der Waals surface area contributed by atoms with Crippen molar-refractivity contribution in [2.75, 3.05) is 36.1 Å². The zero-order chi connectivity index (χ0) is 22.8. The number of aryl methyl sites for hydroxylation is 1. The summed E-state index contributed by atoms with van der Waals surface area (Å²) in [6.07, 6.45) is 2.12. The molecule has 166 valence electrons. The molecule has 0 radical (unpaired) electrons. The van der Waals surface area contributed by atoms with E-state index in [4.69, 9.17) is 0 Å². The van der Waals surface area contributed by atoms with Crippen LogP contribution in [0.1, 0.15) is 24.5 Å². The standard InChI is InChI=1S/C17H23FN10O2S/c1-10-6-14(26-25-10)22-13-7-15(28(5)31(29,30)27(3)4)24-17(23-13)21-11(2)16-19-8-12(18)9-20-16/h6-9,11H,1-5H3,(H3,21,22,23,24,25,26)/t11-/m0/s1. The quantitative estimate of drug-likeness (QED) is 0.466. The van der Waals surface area contributed by atoms with Gasteiger partial charge in [0.25, 0.3) is 0 Å². The summed E-state index contributed by atoms with van der Waals surface area (Å²) in [4.78, 5) is 16.6. The van der Waals surface area contributed by atoms with Crippen molar-refractivity contribution in [3.05, 3.63) is 41.9 Å². The van der Waals surface area contributed by atoms with Crippen molar-refractivity contribution in [1.29, 1.82) is 0 Å². The molecule has 0 fully saturated rings. The molecule has 14 heteroatoms. The molecule has 0 saturated carbocycles. The second kappa shape index (κ2) is 8.77. The Hall–Kier alpha value is -3.39. The van der Waals surface area contributed by atoms with Gasteiger partial charge in [-0.2, -0.15) is 27.8 Å². The van der Waals surface area contributed by atoms with E-state index in [1.807, 2.05) is 6.92 Å². The van der Waals surface area contributed by atoms with Crippen molar-refractivity contribution in [2.24, 2.45) is 0 Å². The SMILES string of the molecule is Cc1cc(Nc2cc(N(C)S(=O)(=O)N(C)C)nc(N[C@@H](C)c3ncc(F)cn3)n2)n[nH]1. The van der Waals surface area contributed by atoms with E-state index in [1.165, 1.54) is 27.2 Å². The average molecular weight is 451 g/mol. The highest BCUT2D eigenvalue weighted by atomic mass is 32.2. The first kappa shape index (κ1) is 22.3. The Balaban J connectivity index is 1.96. The first-order chi connectivity index (χ1) is 14.6. The fourth-order valence-corrected chi connectivity index (χ4v) is 3.32. The minimum atomic E-state index is -3.78. The predicted molar refractivity (Wildman–Crippen MR) is 114 cm³/mol. The summed E-state index contributed by atoms with van der Waals surface area (Å²) >= 11 is 0. The van der Waals surface area contributed by atoms with Gasteiger partial charge in [-0.3, -0.25) is 5.10 Å². The van der Waals surface area contributed by atoms with Crippen molar-refractivity contribution in [2.45, 2.75) is 19.9 Å². The molecule has 0 unspecified atom stereocenters. The van der Waals surface area contributed by atoms with E-state index in [1.54, 1.807) is 13.0 Å². The molecule has 1 atom stereocenters. The number of hydrogen-bond acceptors (Lipinski definition) is 9. The van der Waals surface area contributed by atoms with Crippen LogP contribution in [0.25, 0.3) is 0 Å². The van der Waals surface area contributed by atoms with Crippen molar-refractivity contribution < 1.29 is 12.8 Å². The maximum absolute atomic E-state index is 13.1. The number of hydrogen-bond donors (Lipinski definition) is 3. The lowest BCUT2D eigenvalue weighted by molar-refractivity contribution is 0.518. The second-order valence-corrected chi connectivity index (χ2v) is 9.05. The van der Waals surface area contributed by atoms with Crippen molar-refractivity contribution in [1.82, 2.24) is 34.4 Å². The number of rotatable bonds is 8. The highest BCUT2D eigenvalue weighted by Gasteiger charge is 2.24. The third kappa shape index (κ3) is 5.21. The summed E-state index contributed by atoms with van der Waals surface area (Å²) < 4.78 is 40.3. The Bertz CT molecular complexity index is 1150. The number of H-pyrrole nitrogens is 1. The number of nitrogens with zero attached hydrogens (tertiary/aromatic N) is 7. The highest BCUT2D eigenvalue weighted by molar-refractivity contribution is 7.90. The number of anilines is 4. The van der Waals surface area contributed by atoms with Crippen LogP contribution < -0.4 is 14.9 Å². The first-order valence-corrected chi connectivity index (χ1v) is 10.5. The van der Waals surface area contributed by atoms with Gasteiger partial charge in [-0.1, -0.05) is 0 Å². The molecule has 0 bridgehead atoms. The predicted octanol–water partition coefficient (Wildman–Crippen LogP) is 1.60. The van der Waals surface area contributed by atoms with Gasteiger partial charge in [-0.15, -0.1) is 0 Å². The minimum absolute atomic E-state index is 0.119. The third-order valence-electron chi connectivity index (χ3n) is 4.18. The molecule has 3 aromatic rings. The molecular weight excluding hydrogens is 427 g/mol. The minimum Gasteiger partial charge on any atom is -0.344 e. The third-order valence-corrected chi connectivity index (χ3v) is 5.98. The van der Waals surface area contributed by atoms with Crippen molar-refractivity contribution in [3.8, 4) is 0 Å². The van der Waals surface area contributed by atoms with E-state index in [0.29, 0.717) is 17.5 Å². The summed E-state index contributed by atoms with van der Waals surface area (Å²) in [5.41, 5.74) is 0.838. The van der Waals surface area contributed by atoms with Crippen LogP contribution in [0.5, 0.6) is 0 Å². The van der Waals surface area contributed by atoms with Crippen LogP contribution in [0.15, 0.2) is 24.5 Å². The largest absolute Gasteiger partial charge is 0.344 e. The number of halogens is 1. The Morgan fingerprint density at radius 1 is 1.10 bits per heavy atom. The molecule has 3 heterocycles. The van der Waals surface area contributed by atoms with Gasteiger partial charge in [0.15, 0.2) is 17.5 Å². The number of aromatic nitrogens is 6. The molecule has 12 nitrogen and oxygen atoms in total. The zero-order valence-electron chi connectivity index (χ0n) is 17.6. The summed E-state index contributed by atoms with van der Waals surface area (Å²) in [6.45, 7) is 3.59. The molecule has 3 N–H and O–H groups in total. The van der Waals surface area contributed by atoms with Gasteiger partial charge in [-0.25, -0.2) is 18.7 Å². The maximum atomic E-state index is 13.1. The molecule has 0 saturated heterocycles. The lowest BCUT2D eigenvalue weighted by atomic mass is 10.3. The molecule has 3 rings (SSSR count). The first-order valence-electron chi connectivity index (χ1n) is 9.14. The van der Waals surface area contributed by atoms with Gasteiger partial charge in [0, 0.05) is 39.0 Å². The highest BCUT2D eigenvalue weighted by Crippen LogP contribution is 2.24. The van der Waals surface area contributed by atoms with E-state index in [0.717, 1.165) is 26.7 Å². The van der Waals surface area contributed by atoms with Crippen LogP contribution in [0.4, 0.5) is 27.8 Å². The Kier molecular flexibility index (Phi) is 6.31. The van der Waals surface area contributed by atoms with E-state index in [-0.39, 0.29) is 11.8 Å². The summed E-state index contributed by atoms with van der Waals surface area (Å²) in [5, 5.41) is 12.9. The summed E-state index contributed by atoms with van der Waals surface area (Å²) in [7, 11) is 0.445. The zero-order valence-corrected chi connectivity index (χ0v) is 18.4. The van der Waals surface area contributed by atoms with Crippen LogP contribution in [0, 0.1) is 12.7 Å². The van der Waals surface area contributed by atoms with E-state index < -0.39 is 22.1 Å². The maximum Gasteiger partial charge on any atom is 0.304 e. The molecule has 3 aromatic heterocycles. The Morgan fingerprint density at radius 2 is 1.77 bits per heavy atom. The van der Waals surface area contributed by atoms with Crippen LogP contribution in [0.3, 0.4) is 0 Å². The molecule has 0 aliphatic carbocycles. The van der Waals surface area contributed by atoms with Gasteiger partial charge in [0.05, 0.1) is 18.4 Å². The molecule has 31 heavy (non-hydrogen) atoms. The average Bonchev–Trinajstić information content (AvgIpc) is 3.12. The van der Waals surface area contributed by atoms with E-state index in [9.17, 15) is 12.8 Å². The topological polar surface area (TPSA) is 145 Å². The van der Waals surface area contributed by atoms with Gasteiger partial charge in [-0.05, 0) is 13.8 Å². The molecule has 0 aliphatic heterocycles. The molecule has 0 amide bonds. The number of nitrogens with one attached hydrogen (secondary N) is 3. The van der Waals surface area contributed by atoms with E-state index >= 15 is 0 Å². The van der Waals surface area contributed by atoms with Gasteiger partial charge in [0.1, 0.15) is 11.6 Å². The van der Waals surface area contributed by atoms with Gasteiger partial charge < -0.3 is 10.6 Å². The number of aromatic amines is 1. The molecule has 0 aromatic carbocycles. The van der Waals surface area contributed by atoms with E-state index in [2.05, 4.69) is 40.8 Å². The molecule has 0 aliphatic rings. The van der Waals surface area contributed by atoms with Crippen LogP contribution in [-0.4, -0.2) is 64.0 Å². The fraction of sp³-hybridized carbons (Fsp3) is 0.353. The monoisotopic (exact) mass is 450 g/mol. The van der Waals surface area contributed by atoms with Crippen LogP contribution in [-0.2, 0) is 10.2 Å². The Morgan fingerprint density at radius 3 is 2.35 bits per heavy atom. The fourth-order valence-electron chi connectivity index (χ4n) is 2.50. The molecule has 0 spiro atoms. The normalized spacial score (nSPS) is 12.6. The van der Waals surface area contributed by atoms with Crippen molar-refractivity contribution in [3.63, 3.8) is 0 Å². The van der Waals surface area contributed by atoms with Gasteiger partial charge >= 0.3 is 10.2 Å². The summed E-state index contributed by atoms with van der Waals surface area (Å²) in [6, 6.07) is 2.77. The Labute approximate surface area is 179 Å². The smallest absolute Gasteiger partial charge is 0.304 e. The van der Waals surface area contributed by atoms with Gasteiger partial charge in [0.2, 0.25) is 5.95 Å². The van der Waals surface area contributed by atoms with Crippen LogP contribution in [0.2, 0.25) is 0 Å². The lowest BCUT2D eigenvalue weighted by Gasteiger charge is -2.23.